The molecule has 2 saturated heterocycles. The van der Waals surface area contributed by atoms with Gasteiger partial charge in [-0.05, 0) is 13.3 Å². The molecule has 1 aromatic rings. The van der Waals surface area contributed by atoms with Gasteiger partial charge in [0, 0.05) is 38.8 Å². The summed E-state index contributed by atoms with van der Waals surface area (Å²) in [6.45, 7) is 7.25. The fourth-order valence-corrected chi connectivity index (χ4v) is 3.43. The molecule has 0 aliphatic carbocycles. The molecule has 0 aromatic carbocycles. The topological polar surface area (TPSA) is 41.5 Å². The van der Waals surface area contributed by atoms with E-state index in [1.807, 2.05) is 0 Å². The van der Waals surface area contributed by atoms with Gasteiger partial charge < -0.3 is 9.64 Å². The molecule has 0 spiro atoms. The predicted octanol–water partition coefficient (Wildman–Crippen LogP) is 0.837. The number of aromatic nitrogens is 2. The molecule has 3 heterocycles. The molecule has 6 heteroatoms. The van der Waals surface area contributed by atoms with E-state index in [0.29, 0.717) is 12.1 Å². The van der Waals surface area contributed by atoms with Gasteiger partial charge in [-0.25, -0.2) is 0 Å². The van der Waals surface area contributed by atoms with E-state index in [2.05, 4.69) is 26.9 Å². The third-order valence-electron chi connectivity index (χ3n) is 3.60. The Bertz CT molecular complexity index is 358. The highest BCUT2D eigenvalue weighted by atomic mass is 32.1. The van der Waals surface area contributed by atoms with Crippen molar-refractivity contribution in [2.24, 2.45) is 0 Å². The number of nitrogens with zero attached hydrogens (tertiary/aromatic N) is 4. The number of hydrogen-bond donors (Lipinski definition) is 0. The minimum Gasteiger partial charge on any atom is -0.377 e. The maximum atomic E-state index is 5.74. The van der Waals surface area contributed by atoms with E-state index in [4.69, 9.17) is 4.74 Å². The van der Waals surface area contributed by atoms with E-state index < -0.39 is 0 Å². The monoisotopic (exact) mass is 254 g/mol. The molecule has 0 amide bonds. The summed E-state index contributed by atoms with van der Waals surface area (Å²) in [7, 11) is 0. The van der Waals surface area contributed by atoms with Crippen molar-refractivity contribution in [1.29, 1.82) is 0 Å². The van der Waals surface area contributed by atoms with E-state index in [1.165, 1.54) is 0 Å². The van der Waals surface area contributed by atoms with E-state index >= 15 is 0 Å². The fraction of sp³-hybridized carbons (Fsp3) is 0.818. The Morgan fingerprint density at radius 2 is 2.41 bits per heavy atom. The first-order valence-electron chi connectivity index (χ1n) is 6.23. The molecule has 5 nitrogen and oxygen atoms in total. The highest BCUT2D eigenvalue weighted by Gasteiger charge is 2.36. The van der Waals surface area contributed by atoms with Crippen LogP contribution in [0.2, 0.25) is 0 Å². The fourth-order valence-electron chi connectivity index (χ4n) is 2.83. The lowest BCUT2D eigenvalue weighted by Crippen LogP contribution is -2.50. The minimum absolute atomic E-state index is 0.430. The number of anilines is 1. The first-order chi connectivity index (χ1) is 8.36. The zero-order valence-electron chi connectivity index (χ0n) is 10.1. The summed E-state index contributed by atoms with van der Waals surface area (Å²) >= 11 is 1.63. The summed E-state index contributed by atoms with van der Waals surface area (Å²) in [5.41, 5.74) is 1.80. The zero-order chi connectivity index (χ0) is 11.7. The Labute approximate surface area is 105 Å². The SMILES string of the molecule is CCO[C@@H]1C[C@H]2CN(c3nncs3)CCN2C1. The van der Waals surface area contributed by atoms with Gasteiger partial charge in [0.1, 0.15) is 5.51 Å². The van der Waals surface area contributed by atoms with Gasteiger partial charge in [0.15, 0.2) is 0 Å². The van der Waals surface area contributed by atoms with Gasteiger partial charge in [0.2, 0.25) is 5.13 Å². The Hall–Kier alpha value is -0.720. The molecule has 2 fully saturated rings. The van der Waals surface area contributed by atoms with Crippen LogP contribution < -0.4 is 4.90 Å². The van der Waals surface area contributed by atoms with Crippen LogP contribution in [0.5, 0.6) is 0 Å². The Morgan fingerprint density at radius 3 is 3.18 bits per heavy atom. The highest BCUT2D eigenvalue weighted by Crippen LogP contribution is 2.27. The molecule has 0 unspecified atom stereocenters. The van der Waals surface area contributed by atoms with Crippen LogP contribution >= 0.6 is 11.3 Å². The van der Waals surface area contributed by atoms with Crippen LogP contribution in [0.1, 0.15) is 13.3 Å². The van der Waals surface area contributed by atoms with E-state index in [-0.39, 0.29) is 0 Å². The first-order valence-corrected chi connectivity index (χ1v) is 7.11. The van der Waals surface area contributed by atoms with Gasteiger partial charge in [0.05, 0.1) is 6.10 Å². The van der Waals surface area contributed by atoms with Crippen LogP contribution in [0.3, 0.4) is 0 Å². The summed E-state index contributed by atoms with van der Waals surface area (Å²) in [4.78, 5) is 4.91. The molecule has 0 N–H and O–H groups in total. The molecule has 2 aliphatic heterocycles. The van der Waals surface area contributed by atoms with Crippen LogP contribution in [-0.4, -0.2) is 60.0 Å². The molecule has 17 heavy (non-hydrogen) atoms. The Balaban J connectivity index is 1.62. The number of piperazine rings is 1. The molecule has 94 valence electrons. The molecular formula is C11H18N4OS. The second-order valence-corrected chi connectivity index (χ2v) is 5.44. The van der Waals surface area contributed by atoms with Crippen molar-refractivity contribution < 1.29 is 4.74 Å². The maximum absolute atomic E-state index is 5.74. The smallest absolute Gasteiger partial charge is 0.208 e. The lowest BCUT2D eigenvalue weighted by Gasteiger charge is -2.36. The predicted molar refractivity (Wildman–Crippen MR) is 67.5 cm³/mol. The van der Waals surface area contributed by atoms with Crippen LogP contribution in [-0.2, 0) is 4.74 Å². The van der Waals surface area contributed by atoms with Gasteiger partial charge in [-0.3, -0.25) is 4.90 Å². The van der Waals surface area contributed by atoms with Crippen LogP contribution in [0, 0.1) is 0 Å². The molecule has 0 saturated carbocycles. The number of rotatable bonds is 3. The van der Waals surface area contributed by atoms with Gasteiger partial charge in [-0.2, -0.15) is 0 Å². The van der Waals surface area contributed by atoms with Crippen molar-refractivity contribution in [2.45, 2.75) is 25.5 Å². The zero-order valence-corrected chi connectivity index (χ0v) is 10.9. The summed E-state index contributed by atoms with van der Waals surface area (Å²) in [5, 5.41) is 9.13. The maximum Gasteiger partial charge on any atom is 0.208 e. The van der Waals surface area contributed by atoms with Crippen molar-refractivity contribution >= 4 is 16.5 Å². The van der Waals surface area contributed by atoms with Gasteiger partial charge >= 0.3 is 0 Å². The van der Waals surface area contributed by atoms with E-state index in [1.54, 1.807) is 16.8 Å². The average molecular weight is 254 g/mol. The van der Waals surface area contributed by atoms with Gasteiger partial charge in [0.25, 0.3) is 0 Å². The largest absolute Gasteiger partial charge is 0.377 e. The summed E-state index contributed by atoms with van der Waals surface area (Å²) in [5.74, 6) is 0. The molecule has 0 radical (unpaired) electrons. The summed E-state index contributed by atoms with van der Waals surface area (Å²) < 4.78 is 5.74. The highest BCUT2D eigenvalue weighted by molar-refractivity contribution is 7.13. The molecule has 3 rings (SSSR count). The normalized spacial score (nSPS) is 29.6. The third kappa shape index (κ3) is 2.29. The molecule has 1 aromatic heterocycles. The van der Waals surface area contributed by atoms with Crippen molar-refractivity contribution in [3.8, 4) is 0 Å². The first kappa shape index (κ1) is 11.4. The van der Waals surface area contributed by atoms with Crippen LogP contribution in [0.25, 0.3) is 0 Å². The van der Waals surface area contributed by atoms with Crippen molar-refractivity contribution in [3.63, 3.8) is 0 Å². The second-order valence-electron chi connectivity index (χ2n) is 4.63. The Kier molecular flexibility index (Phi) is 3.26. The van der Waals surface area contributed by atoms with E-state index in [0.717, 1.165) is 44.3 Å². The molecular weight excluding hydrogens is 236 g/mol. The Morgan fingerprint density at radius 1 is 1.47 bits per heavy atom. The number of hydrogen-bond acceptors (Lipinski definition) is 6. The van der Waals surface area contributed by atoms with Crippen molar-refractivity contribution in [1.82, 2.24) is 15.1 Å². The van der Waals surface area contributed by atoms with Crippen LogP contribution in [0.15, 0.2) is 5.51 Å². The van der Waals surface area contributed by atoms with Gasteiger partial charge in [-0.15, -0.1) is 10.2 Å². The number of ether oxygens (including phenoxy) is 1. The van der Waals surface area contributed by atoms with E-state index in [9.17, 15) is 0 Å². The van der Waals surface area contributed by atoms with Gasteiger partial charge in [-0.1, -0.05) is 11.3 Å². The standard InChI is InChI=1S/C11H18N4OS/c1-2-16-10-5-9-6-15(4-3-14(9)7-10)11-13-12-8-17-11/h8-10H,2-7H2,1H3/t9-,10+/m0/s1. The quantitative estimate of drug-likeness (QED) is 0.799. The lowest BCUT2D eigenvalue weighted by molar-refractivity contribution is 0.0692. The van der Waals surface area contributed by atoms with Crippen LogP contribution in [0.4, 0.5) is 5.13 Å². The summed E-state index contributed by atoms with van der Waals surface area (Å²) in [6, 6.07) is 0.629. The third-order valence-corrected chi connectivity index (χ3v) is 4.35. The molecule has 2 aliphatic rings. The summed E-state index contributed by atoms with van der Waals surface area (Å²) in [6.07, 6.45) is 1.59. The average Bonchev–Trinajstić information content (AvgIpc) is 2.96. The molecule has 2 atom stereocenters. The van der Waals surface area contributed by atoms with Crippen molar-refractivity contribution in [2.75, 3.05) is 37.7 Å². The van der Waals surface area contributed by atoms with Crippen molar-refractivity contribution in [3.05, 3.63) is 5.51 Å². The second kappa shape index (κ2) is 4.88. The lowest BCUT2D eigenvalue weighted by atomic mass is 10.1. The number of fused-ring (bicyclic) bond motifs is 1. The molecule has 0 bridgehead atoms. The minimum atomic E-state index is 0.430.